The first-order valence-electron chi connectivity index (χ1n) is 15.3. The molecule has 6 unspecified atom stereocenters. The lowest BCUT2D eigenvalue weighted by molar-refractivity contribution is 0.0702. The summed E-state index contributed by atoms with van der Waals surface area (Å²) in [4.78, 5) is 0. The van der Waals surface area contributed by atoms with E-state index in [-0.39, 0.29) is 0 Å². The van der Waals surface area contributed by atoms with Crippen molar-refractivity contribution in [2.75, 3.05) is 41.2 Å². The fourth-order valence-corrected chi connectivity index (χ4v) is 10.9. The molecule has 0 aromatic heterocycles. The third-order valence-corrected chi connectivity index (χ3v) is 14.7. The zero-order chi connectivity index (χ0) is 27.4. The van der Waals surface area contributed by atoms with Crippen molar-refractivity contribution < 1.29 is 36.0 Å². The highest BCUT2D eigenvalue weighted by atomic mass is 28.4. The Morgan fingerprint density at radius 1 is 0.553 bits per heavy atom. The van der Waals surface area contributed by atoms with Crippen molar-refractivity contribution in [3.63, 3.8) is 0 Å². The highest BCUT2D eigenvalue weighted by Gasteiger charge is 2.45. The van der Waals surface area contributed by atoms with Crippen LogP contribution in [0.4, 0.5) is 0 Å². The molecule has 2 aliphatic heterocycles. The van der Waals surface area contributed by atoms with Crippen molar-refractivity contribution in [2.45, 2.75) is 128 Å². The van der Waals surface area contributed by atoms with Gasteiger partial charge >= 0.3 is 17.6 Å². The third-order valence-electron chi connectivity index (χ3n) is 8.69. The molecule has 2 heterocycles. The van der Waals surface area contributed by atoms with Gasteiger partial charge < -0.3 is 36.0 Å². The predicted molar refractivity (Wildman–Crippen MR) is 152 cm³/mol. The van der Waals surface area contributed by atoms with E-state index in [0.29, 0.717) is 44.2 Å². The van der Waals surface area contributed by atoms with Crippen LogP contribution in [0.2, 0.25) is 12.1 Å². The van der Waals surface area contributed by atoms with E-state index in [1.165, 1.54) is 57.8 Å². The second-order valence-electron chi connectivity index (χ2n) is 11.2. The second-order valence-corrected chi connectivity index (χ2v) is 17.0. The van der Waals surface area contributed by atoms with Crippen LogP contribution in [0.3, 0.4) is 0 Å². The number of hydrogen-bond acceptors (Lipinski definition) is 8. The normalized spacial score (nSPS) is 30.2. The Hall–Kier alpha value is 0.114. The molecule has 6 atom stereocenters. The lowest BCUT2D eigenvalue weighted by Gasteiger charge is -2.29. The molecule has 38 heavy (non-hydrogen) atoms. The maximum absolute atomic E-state index is 5.90. The number of epoxide rings is 2. The van der Waals surface area contributed by atoms with E-state index < -0.39 is 17.6 Å². The molecule has 0 spiro atoms. The van der Waals surface area contributed by atoms with Gasteiger partial charge in [-0.1, -0.05) is 19.3 Å². The summed E-state index contributed by atoms with van der Waals surface area (Å²) in [6, 6.07) is 1.87. The molecule has 224 valence electrons. The van der Waals surface area contributed by atoms with Crippen molar-refractivity contribution in [3.8, 4) is 0 Å². The highest BCUT2D eigenvalue weighted by Crippen LogP contribution is 2.42. The zero-order valence-electron chi connectivity index (χ0n) is 25.0. The standard InChI is InChI=1S/C15H30O4Si.C13H26O4Si/c1-4-16-20(17-5-2,18-6-3)11-7-8-13-9-10-14-15(12-13)19-14;1-14-18(15-2,16-3)9-5-4-6-11-7-8-12-13(10-11)17-12/h13-15H,4-12H2,1-3H3;11-13H,4-10H2,1-3H3. The van der Waals surface area contributed by atoms with E-state index in [1.807, 2.05) is 20.8 Å². The van der Waals surface area contributed by atoms with Gasteiger partial charge in [0.1, 0.15) is 0 Å². The van der Waals surface area contributed by atoms with E-state index >= 15 is 0 Å². The van der Waals surface area contributed by atoms with Crippen LogP contribution in [0.1, 0.15) is 91.4 Å². The monoisotopic (exact) mass is 576 g/mol. The molecule has 2 aliphatic carbocycles. The van der Waals surface area contributed by atoms with E-state index in [0.717, 1.165) is 36.8 Å². The minimum Gasteiger partial charge on any atom is -0.377 e. The zero-order valence-corrected chi connectivity index (χ0v) is 27.0. The average Bonchev–Trinajstić information content (AvgIpc) is 3.85. The SMILES string of the molecule is CCO[Si](CCCC1CCC2OC2C1)(OCC)OCC.CO[Si](CCCCC1CCC2OC2C1)(OC)OC. The van der Waals surface area contributed by atoms with Gasteiger partial charge in [-0.05, 0) is 84.0 Å². The summed E-state index contributed by atoms with van der Waals surface area (Å²) in [6.07, 6.45) is 16.3. The Balaban J connectivity index is 0.000000212. The molecule has 10 heteroatoms. The van der Waals surface area contributed by atoms with Crippen molar-refractivity contribution in [3.05, 3.63) is 0 Å². The van der Waals surface area contributed by atoms with Gasteiger partial charge in [0.25, 0.3) is 0 Å². The first-order valence-corrected chi connectivity index (χ1v) is 19.2. The minimum atomic E-state index is -2.42. The molecule has 0 bridgehead atoms. The number of hydrogen-bond donors (Lipinski definition) is 0. The fraction of sp³-hybridized carbons (Fsp3) is 1.00. The molecule has 2 saturated carbocycles. The summed E-state index contributed by atoms with van der Waals surface area (Å²) in [5.74, 6) is 1.70. The van der Waals surface area contributed by atoms with Gasteiger partial charge in [0.2, 0.25) is 0 Å². The number of ether oxygens (including phenoxy) is 2. The van der Waals surface area contributed by atoms with Crippen molar-refractivity contribution in [1.29, 1.82) is 0 Å². The molecule has 4 rings (SSSR count). The smallest absolute Gasteiger partial charge is 0.377 e. The summed E-state index contributed by atoms with van der Waals surface area (Å²) < 4.78 is 45.1. The second kappa shape index (κ2) is 16.5. The van der Waals surface area contributed by atoms with Gasteiger partial charge in [-0.2, -0.15) is 0 Å². The summed E-state index contributed by atoms with van der Waals surface area (Å²) in [5.41, 5.74) is 0. The topological polar surface area (TPSA) is 80.4 Å². The molecular formula is C28H56O8Si2. The molecule has 8 nitrogen and oxygen atoms in total. The Kier molecular flexibility index (Phi) is 14.2. The molecule has 0 aromatic rings. The van der Waals surface area contributed by atoms with Crippen molar-refractivity contribution in [1.82, 2.24) is 0 Å². The third kappa shape index (κ3) is 10.2. The average molecular weight is 577 g/mol. The maximum atomic E-state index is 5.90. The predicted octanol–water partition coefficient (Wildman–Crippen LogP) is 5.98. The van der Waals surface area contributed by atoms with Crippen molar-refractivity contribution >= 4 is 17.6 Å². The summed E-state index contributed by atoms with van der Waals surface area (Å²) in [6.45, 7) is 8.08. The number of fused-ring (bicyclic) bond motifs is 2. The van der Waals surface area contributed by atoms with Crippen LogP contribution in [-0.4, -0.2) is 83.2 Å². The Morgan fingerprint density at radius 2 is 1.00 bits per heavy atom. The molecule has 0 N–H and O–H groups in total. The van der Waals surface area contributed by atoms with Gasteiger partial charge in [0.05, 0.1) is 24.4 Å². The molecule has 2 saturated heterocycles. The summed E-state index contributed by atoms with van der Waals surface area (Å²) >= 11 is 0. The van der Waals surface area contributed by atoms with Gasteiger partial charge in [-0.15, -0.1) is 0 Å². The van der Waals surface area contributed by atoms with Gasteiger partial charge in [-0.25, -0.2) is 0 Å². The van der Waals surface area contributed by atoms with Crippen LogP contribution >= 0.6 is 0 Å². The molecule has 4 aliphatic rings. The first-order chi connectivity index (χ1) is 18.5. The van der Waals surface area contributed by atoms with Crippen LogP contribution in [0.15, 0.2) is 0 Å². The van der Waals surface area contributed by atoms with E-state index in [9.17, 15) is 0 Å². The minimum absolute atomic E-state index is 0.585. The molecule has 4 fully saturated rings. The van der Waals surface area contributed by atoms with Gasteiger partial charge in [0, 0.05) is 53.2 Å². The van der Waals surface area contributed by atoms with Crippen LogP contribution < -0.4 is 0 Å². The Bertz CT molecular complexity index is 627. The number of unbranched alkanes of at least 4 members (excludes halogenated alkanes) is 1. The molecule has 0 radical (unpaired) electrons. The first kappa shape index (κ1) is 32.6. The van der Waals surface area contributed by atoms with Gasteiger partial charge in [0.15, 0.2) is 0 Å². The van der Waals surface area contributed by atoms with Crippen LogP contribution in [0.5, 0.6) is 0 Å². The Morgan fingerprint density at radius 3 is 1.42 bits per heavy atom. The van der Waals surface area contributed by atoms with Crippen molar-refractivity contribution in [2.24, 2.45) is 11.8 Å². The summed E-state index contributed by atoms with van der Waals surface area (Å²) in [5, 5.41) is 0. The van der Waals surface area contributed by atoms with E-state index in [1.54, 1.807) is 21.3 Å². The highest BCUT2D eigenvalue weighted by molar-refractivity contribution is 6.61. The summed E-state index contributed by atoms with van der Waals surface area (Å²) in [7, 11) is 0.304. The van der Waals surface area contributed by atoms with Gasteiger partial charge in [-0.3, -0.25) is 0 Å². The van der Waals surface area contributed by atoms with E-state index in [2.05, 4.69) is 0 Å². The lowest BCUT2D eigenvalue weighted by Crippen LogP contribution is -2.46. The molecule has 0 amide bonds. The fourth-order valence-electron chi connectivity index (χ4n) is 6.44. The van der Waals surface area contributed by atoms with Crippen LogP contribution in [0, 0.1) is 11.8 Å². The molecular weight excluding hydrogens is 520 g/mol. The van der Waals surface area contributed by atoms with Crippen LogP contribution in [0.25, 0.3) is 0 Å². The van der Waals surface area contributed by atoms with E-state index in [4.69, 9.17) is 36.0 Å². The Labute approximate surface area is 234 Å². The maximum Gasteiger partial charge on any atom is 0.500 e. The number of rotatable bonds is 18. The van der Waals surface area contributed by atoms with Crippen LogP contribution in [-0.2, 0) is 36.0 Å². The quantitative estimate of drug-likeness (QED) is 0.112. The largest absolute Gasteiger partial charge is 0.500 e. The lowest BCUT2D eigenvalue weighted by atomic mass is 9.86. The molecule has 0 aromatic carbocycles.